The third kappa shape index (κ3) is 3.15. The van der Waals surface area contributed by atoms with Crippen molar-refractivity contribution >= 4 is 5.97 Å². The molecule has 0 bridgehead atoms. The van der Waals surface area contributed by atoms with E-state index >= 15 is 0 Å². The zero-order valence-corrected chi connectivity index (χ0v) is 14.1. The van der Waals surface area contributed by atoms with Crippen molar-refractivity contribution in [2.45, 2.75) is 65.0 Å². The van der Waals surface area contributed by atoms with Crippen LogP contribution in [-0.2, 0) is 23.7 Å². The lowest BCUT2D eigenvalue weighted by molar-refractivity contribution is -0.319. The number of fused-ring (bicyclic) bond motifs is 1. The molecule has 2 heterocycles. The van der Waals surface area contributed by atoms with E-state index in [0.29, 0.717) is 19.8 Å². The zero-order chi connectivity index (χ0) is 16.5. The molecule has 0 aliphatic carbocycles. The summed E-state index contributed by atoms with van der Waals surface area (Å²) in [4.78, 5) is 11.2. The van der Waals surface area contributed by atoms with Gasteiger partial charge >= 0.3 is 5.97 Å². The predicted molar refractivity (Wildman–Crippen MR) is 79.2 cm³/mol. The molecule has 0 aromatic carbocycles. The minimum Gasteiger partial charge on any atom is -0.460 e. The number of aliphatic hydroxyl groups excluding tert-OH is 1. The van der Waals surface area contributed by atoms with Gasteiger partial charge in [-0.3, -0.25) is 4.79 Å². The molecule has 22 heavy (non-hydrogen) atoms. The summed E-state index contributed by atoms with van der Waals surface area (Å²) in [5.74, 6) is -0.150. The Morgan fingerprint density at radius 2 is 2.09 bits per heavy atom. The summed E-state index contributed by atoms with van der Waals surface area (Å²) in [5, 5.41) is 9.51. The van der Waals surface area contributed by atoms with Crippen LogP contribution in [0, 0.1) is 11.3 Å². The molecule has 1 N–H and O–H groups in total. The van der Waals surface area contributed by atoms with Gasteiger partial charge < -0.3 is 24.1 Å². The van der Waals surface area contributed by atoms with E-state index in [1.165, 1.54) is 6.92 Å². The summed E-state index contributed by atoms with van der Waals surface area (Å²) < 4.78 is 22.6. The molecule has 0 aromatic rings. The van der Waals surface area contributed by atoms with Crippen molar-refractivity contribution in [2.24, 2.45) is 11.3 Å². The van der Waals surface area contributed by atoms with Crippen molar-refractivity contribution in [3.05, 3.63) is 0 Å². The fourth-order valence-electron chi connectivity index (χ4n) is 3.56. The number of ether oxygens (including phenoxy) is 4. The largest absolute Gasteiger partial charge is 0.460 e. The van der Waals surface area contributed by atoms with Gasteiger partial charge in [-0.25, -0.2) is 0 Å². The molecule has 5 atom stereocenters. The minimum atomic E-state index is -0.573. The normalized spacial score (nSPS) is 38.9. The van der Waals surface area contributed by atoms with Crippen LogP contribution in [-0.4, -0.2) is 55.0 Å². The Bertz CT molecular complexity index is 409. The number of hydrogen-bond acceptors (Lipinski definition) is 6. The number of carbonyl (C=O) groups excluding carboxylic acids is 1. The lowest BCUT2D eigenvalue weighted by Crippen LogP contribution is -2.64. The van der Waals surface area contributed by atoms with Crippen molar-refractivity contribution in [1.82, 2.24) is 0 Å². The molecule has 2 saturated heterocycles. The smallest absolute Gasteiger partial charge is 0.302 e. The van der Waals surface area contributed by atoms with Gasteiger partial charge in [0, 0.05) is 13.3 Å². The van der Waals surface area contributed by atoms with Crippen LogP contribution < -0.4 is 0 Å². The Morgan fingerprint density at radius 1 is 1.41 bits per heavy atom. The van der Waals surface area contributed by atoms with E-state index in [4.69, 9.17) is 18.9 Å². The molecule has 0 amide bonds. The maximum atomic E-state index is 11.2. The van der Waals surface area contributed by atoms with Crippen molar-refractivity contribution in [2.75, 3.05) is 20.0 Å². The Hall–Kier alpha value is -0.690. The van der Waals surface area contributed by atoms with Crippen LogP contribution >= 0.6 is 0 Å². The summed E-state index contributed by atoms with van der Waals surface area (Å²) in [6.07, 6.45) is -0.281. The summed E-state index contributed by atoms with van der Waals surface area (Å²) in [6, 6.07) is 0. The van der Waals surface area contributed by atoms with Crippen LogP contribution in [0.2, 0.25) is 0 Å². The van der Waals surface area contributed by atoms with Gasteiger partial charge in [0.15, 0.2) is 0 Å². The van der Waals surface area contributed by atoms with Gasteiger partial charge in [-0.05, 0) is 18.3 Å². The predicted octanol–water partition coefficient (Wildman–Crippen LogP) is 1.49. The van der Waals surface area contributed by atoms with Crippen LogP contribution in [0.15, 0.2) is 0 Å². The summed E-state index contributed by atoms with van der Waals surface area (Å²) in [6.45, 7) is 10.4. The first-order chi connectivity index (χ1) is 10.2. The molecule has 0 aromatic heterocycles. The molecule has 0 saturated carbocycles. The first-order valence-corrected chi connectivity index (χ1v) is 7.86. The molecular weight excluding hydrogens is 288 g/mol. The number of hydrogen-bond donors (Lipinski definition) is 1. The zero-order valence-electron chi connectivity index (χ0n) is 14.1. The number of carbonyl (C=O) groups is 1. The van der Waals surface area contributed by atoms with Gasteiger partial charge in [-0.1, -0.05) is 20.8 Å². The van der Waals surface area contributed by atoms with E-state index in [9.17, 15) is 9.90 Å². The van der Waals surface area contributed by atoms with Crippen molar-refractivity contribution in [3.63, 3.8) is 0 Å². The summed E-state index contributed by atoms with van der Waals surface area (Å²) in [7, 11) is 0. The first-order valence-electron chi connectivity index (χ1n) is 7.86. The Labute approximate surface area is 132 Å². The Morgan fingerprint density at radius 3 is 2.68 bits per heavy atom. The average molecular weight is 316 g/mol. The molecule has 6 nitrogen and oxygen atoms in total. The molecule has 2 aliphatic rings. The van der Waals surface area contributed by atoms with Crippen LogP contribution in [0.3, 0.4) is 0 Å². The van der Waals surface area contributed by atoms with E-state index in [0.717, 1.165) is 0 Å². The highest BCUT2D eigenvalue weighted by Crippen LogP contribution is 2.51. The fourth-order valence-corrected chi connectivity index (χ4v) is 3.56. The lowest BCUT2D eigenvalue weighted by atomic mass is 9.61. The summed E-state index contributed by atoms with van der Waals surface area (Å²) in [5.41, 5.74) is -0.764. The maximum absolute atomic E-state index is 11.2. The van der Waals surface area contributed by atoms with Crippen LogP contribution in [0.1, 0.15) is 41.0 Å². The van der Waals surface area contributed by atoms with E-state index in [1.807, 2.05) is 6.92 Å². The molecule has 0 radical (unpaired) electrons. The van der Waals surface area contributed by atoms with E-state index in [1.54, 1.807) is 0 Å². The minimum absolute atomic E-state index is 0.00173. The molecule has 6 heteroatoms. The van der Waals surface area contributed by atoms with E-state index in [2.05, 4.69) is 20.8 Å². The maximum Gasteiger partial charge on any atom is 0.302 e. The van der Waals surface area contributed by atoms with Crippen LogP contribution in [0.4, 0.5) is 0 Å². The molecule has 128 valence electrons. The van der Waals surface area contributed by atoms with Gasteiger partial charge in [0.1, 0.15) is 19.0 Å². The average Bonchev–Trinajstić information content (AvgIpc) is 2.44. The monoisotopic (exact) mass is 316 g/mol. The van der Waals surface area contributed by atoms with Gasteiger partial charge in [0.05, 0.1) is 24.9 Å². The van der Waals surface area contributed by atoms with Crippen LogP contribution in [0.5, 0.6) is 0 Å². The Balaban J connectivity index is 2.20. The first kappa shape index (κ1) is 17.7. The third-order valence-corrected chi connectivity index (χ3v) is 5.55. The second kappa shape index (κ2) is 6.43. The molecule has 2 aliphatic heterocycles. The number of rotatable bonds is 4. The highest BCUT2D eigenvalue weighted by atomic mass is 16.7. The molecule has 2 fully saturated rings. The van der Waals surface area contributed by atoms with Gasteiger partial charge in [-0.15, -0.1) is 0 Å². The third-order valence-electron chi connectivity index (χ3n) is 5.55. The van der Waals surface area contributed by atoms with Crippen molar-refractivity contribution < 1.29 is 28.8 Å². The Kier molecular flexibility index (Phi) is 5.16. The summed E-state index contributed by atoms with van der Waals surface area (Å²) >= 11 is 0. The van der Waals surface area contributed by atoms with Crippen LogP contribution in [0.25, 0.3) is 0 Å². The molecule has 0 unspecified atom stereocenters. The lowest BCUT2D eigenvalue weighted by Gasteiger charge is -2.58. The number of aliphatic hydroxyl groups is 1. The molecule has 2 rings (SSSR count). The second-order valence-corrected chi connectivity index (χ2v) is 7.14. The quantitative estimate of drug-likeness (QED) is 0.792. The number of esters is 1. The van der Waals surface area contributed by atoms with E-state index < -0.39 is 17.7 Å². The van der Waals surface area contributed by atoms with Gasteiger partial charge in [0.2, 0.25) is 0 Å². The van der Waals surface area contributed by atoms with Gasteiger partial charge in [0.25, 0.3) is 0 Å². The second-order valence-electron chi connectivity index (χ2n) is 7.14. The highest BCUT2D eigenvalue weighted by Gasteiger charge is 2.57. The fraction of sp³-hybridized carbons (Fsp3) is 0.938. The molecule has 0 spiro atoms. The van der Waals surface area contributed by atoms with Crippen molar-refractivity contribution in [1.29, 1.82) is 0 Å². The van der Waals surface area contributed by atoms with Crippen molar-refractivity contribution in [3.8, 4) is 0 Å². The van der Waals surface area contributed by atoms with Gasteiger partial charge in [-0.2, -0.15) is 0 Å². The highest BCUT2D eigenvalue weighted by molar-refractivity contribution is 5.66. The SMILES string of the molecule is CC(=O)O[C@H](CO)C[C@@]1(C)O[C@@H]2COCO[C@@H]2[C@@H](C)C1(C)C. The standard InChI is InChI=1S/C16H28O6/c1-10-14-13(8-19-9-20-14)22-16(5,15(10,3)4)6-12(7-17)21-11(2)18/h10,12-14,17H,6-9H2,1-5H3/t10-,12+,13-,14-,16-/m1/s1. The van der Waals surface area contributed by atoms with E-state index in [-0.39, 0.29) is 30.1 Å². The molecular formula is C16H28O6. The topological polar surface area (TPSA) is 74.2 Å².